The average molecular weight is 279 g/mol. The number of ether oxygens (including phenoxy) is 2. The lowest BCUT2D eigenvalue weighted by molar-refractivity contribution is -0.120. The molecule has 2 rings (SSSR count). The molecule has 0 aliphatic carbocycles. The molecule has 0 saturated heterocycles. The van der Waals surface area contributed by atoms with Crippen LogP contribution in [0.15, 0.2) is 18.2 Å². The molecule has 1 aliphatic heterocycles. The third-order valence-corrected chi connectivity index (χ3v) is 3.43. The quantitative estimate of drug-likeness (QED) is 0.733. The van der Waals surface area contributed by atoms with Gasteiger partial charge in [0.15, 0.2) is 11.5 Å². The summed E-state index contributed by atoms with van der Waals surface area (Å²) >= 11 is 0. The molecule has 0 fully saturated rings. The molecule has 3 N–H and O–H groups in total. The van der Waals surface area contributed by atoms with Gasteiger partial charge in [0.1, 0.15) is 0 Å². The first-order valence-corrected chi connectivity index (χ1v) is 6.65. The largest absolute Gasteiger partial charge is 0.454 e. The summed E-state index contributed by atoms with van der Waals surface area (Å²) in [4.78, 5) is 13.2. The Kier molecular flexibility index (Phi) is 4.81. The Morgan fingerprint density at radius 1 is 1.45 bits per heavy atom. The van der Waals surface area contributed by atoms with Crippen LogP contribution in [-0.2, 0) is 11.2 Å². The van der Waals surface area contributed by atoms with Crippen LogP contribution in [-0.4, -0.2) is 43.9 Å². The SMILES string of the molecule is CC(Cc1ccc2c(c1)OCO2)N(C)CNC(=O)CN. The summed E-state index contributed by atoms with van der Waals surface area (Å²) in [6.45, 7) is 2.91. The number of likely N-dealkylation sites (N-methyl/N-ethyl adjacent to an activating group) is 1. The molecule has 0 aromatic heterocycles. The minimum absolute atomic E-state index is 0.0182. The standard InChI is InChI=1S/C14H21N3O3/c1-10(17(2)8-16-14(18)7-15)5-11-3-4-12-13(6-11)20-9-19-12/h3-4,6,10H,5,7-9,15H2,1-2H3,(H,16,18). The van der Waals surface area contributed by atoms with Gasteiger partial charge in [0, 0.05) is 6.04 Å². The van der Waals surface area contributed by atoms with E-state index in [4.69, 9.17) is 15.2 Å². The first-order valence-electron chi connectivity index (χ1n) is 6.65. The summed E-state index contributed by atoms with van der Waals surface area (Å²) in [6.07, 6.45) is 0.867. The van der Waals surface area contributed by atoms with Crippen LogP contribution in [0.4, 0.5) is 0 Å². The fourth-order valence-electron chi connectivity index (χ4n) is 2.01. The van der Waals surface area contributed by atoms with Crippen molar-refractivity contribution in [2.24, 2.45) is 5.73 Å². The van der Waals surface area contributed by atoms with Crippen LogP contribution in [0.5, 0.6) is 11.5 Å². The molecule has 110 valence electrons. The van der Waals surface area contributed by atoms with E-state index in [-0.39, 0.29) is 18.5 Å². The van der Waals surface area contributed by atoms with E-state index in [1.807, 2.05) is 25.2 Å². The number of amides is 1. The summed E-state index contributed by atoms with van der Waals surface area (Å²) in [5.74, 6) is 1.45. The lowest BCUT2D eigenvalue weighted by atomic mass is 10.1. The maximum atomic E-state index is 11.1. The average Bonchev–Trinajstić information content (AvgIpc) is 2.91. The van der Waals surface area contributed by atoms with Crippen molar-refractivity contribution in [3.05, 3.63) is 23.8 Å². The monoisotopic (exact) mass is 279 g/mol. The zero-order valence-electron chi connectivity index (χ0n) is 11.9. The predicted octanol–water partition coefficient (Wildman–Crippen LogP) is 0.311. The molecule has 1 aliphatic rings. The van der Waals surface area contributed by atoms with Gasteiger partial charge >= 0.3 is 0 Å². The Labute approximate surface area is 118 Å². The maximum absolute atomic E-state index is 11.1. The van der Waals surface area contributed by atoms with E-state index in [2.05, 4.69) is 17.1 Å². The molecule has 1 atom stereocenters. The molecule has 6 heteroatoms. The van der Waals surface area contributed by atoms with E-state index in [0.717, 1.165) is 17.9 Å². The molecule has 0 radical (unpaired) electrons. The van der Waals surface area contributed by atoms with Crippen LogP contribution in [0, 0.1) is 0 Å². The van der Waals surface area contributed by atoms with Crippen molar-refractivity contribution in [3.8, 4) is 11.5 Å². The minimum Gasteiger partial charge on any atom is -0.454 e. The Balaban J connectivity index is 1.87. The number of rotatable bonds is 6. The van der Waals surface area contributed by atoms with Gasteiger partial charge < -0.3 is 20.5 Å². The van der Waals surface area contributed by atoms with Gasteiger partial charge in [-0.3, -0.25) is 9.69 Å². The number of nitrogens with two attached hydrogens (primary N) is 1. The highest BCUT2D eigenvalue weighted by Gasteiger charge is 2.16. The lowest BCUT2D eigenvalue weighted by Gasteiger charge is -2.25. The second-order valence-corrected chi connectivity index (χ2v) is 4.96. The van der Waals surface area contributed by atoms with Gasteiger partial charge in [0.05, 0.1) is 13.2 Å². The van der Waals surface area contributed by atoms with Gasteiger partial charge in [0.25, 0.3) is 0 Å². The molecular formula is C14H21N3O3. The smallest absolute Gasteiger partial charge is 0.234 e. The molecule has 6 nitrogen and oxygen atoms in total. The second-order valence-electron chi connectivity index (χ2n) is 4.96. The van der Waals surface area contributed by atoms with Crippen LogP contribution in [0.25, 0.3) is 0 Å². The van der Waals surface area contributed by atoms with Crippen LogP contribution < -0.4 is 20.5 Å². The van der Waals surface area contributed by atoms with Crippen molar-refractivity contribution in [1.82, 2.24) is 10.2 Å². The van der Waals surface area contributed by atoms with Gasteiger partial charge in [-0.05, 0) is 38.1 Å². The molecule has 0 spiro atoms. The Hall–Kier alpha value is -1.79. The normalized spacial score (nSPS) is 14.4. The first kappa shape index (κ1) is 14.6. The predicted molar refractivity (Wildman–Crippen MR) is 75.6 cm³/mol. The number of hydrogen-bond acceptors (Lipinski definition) is 5. The fourth-order valence-corrected chi connectivity index (χ4v) is 2.01. The highest BCUT2D eigenvalue weighted by Crippen LogP contribution is 2.32. The highest BCUT2D eigenvalue weighted by atomic mass is 16.7. The molecule has 1 amide bonds. The van der Waals surface area contributed by atoms with Crippen molar-refractivity contribution >= 4 is 5.91 Å². The topological polar surface area (TPSA) is 76.8 Å². The number of benzene rings is 1. The molecule has 1 aromatic carbocycles. The summed E-state index contributed by atoms with van der Waals surface area (Å²) in [5.41, 5.74) is 6.43. The molecule has 0 saturated carbocycles. The molecule has 20 heavy (non-hydrogen) atoms. The van der Waals surface area contributed by atoms with Crippen molar-refractivity contribution in [1.29, 1.82) is 0 Å². The number of carbonyl (C=O) groups excluding carboxylic acids is 1. The van der Waals surface area contributed by atoms with E-state index in [1.54, 1.807) is 0 Å². The highest BCUT2D eigenvalue weighted by molar-refractivity contribution is 5.77. The number of carbonyl (C=O) groups is 1. The summed E-state index contributed by atoms with van der Waals surface area (Å²) in [7, 11) is 1.97. The van der Waals surface area contributed by atoms with Crippen LogP contribution >= 0.6 is 0 Å². The maximum Gasteiger partial charge on any atom is 0.234 e. The lowest BCUT2D eigenvalue weighted by Crippen LogP contribution is -2.42. The van der Waals surface area contributed by atoms with E-state index in [0.29, 0.717) is 13.5 Å². The van der Waals surface area contributed by atoms with Crippen molar-refractivity contribution in [2.75, 3.05) is 27.1 Å². The van der Waals surface area contributed by atoms with E-state index in [1.165, 1.54) is 5.56 Å². The van der Waals surface area contributed by atoms with E-state index < -0.39 is 0 Å². The van der Waals surface area contributed by atoms with Gasteiger partial charge in [-0.15, -0.1) is 0 Å². The first-order chi connectivity index (χ1) is 9.60. The Morgan fingerprint density at radius 3 is 2.95 bits per heavy atom. The van der Waals surface area contributed by atoms with Gasteiger partial charge in [0.2, 0.25) is 12.7 Å². The van der Waals surface area contributed by atoms with Gasteiger partial charge in [-0.1, -0.05) is 6.07 Å². The van der Waals surface area contributed by atoms with Crippen LogP contribution in [0.1, 0.15) is 12.5 Å². The minimum atomic E-state index is -0.146. The van der Waals surface area contributed by atoms with Crippen LogP contribution in [0.2, 0.25) is 0 Å². The van der Waals surface area contributed by atoms with E-state index in [9.17, 15) is 4.79 Å². The fraction of sp³-hybridized carbons (Fsp3) is 0.500. The number of hydrogen-bond donors (Lipinski definition) is 2. The number of fused-ring (bicyclic) bond motifs is 1. The Bertz CT molecular complexity index is 479. The Morgan fingerprint density at radius 2 is 2.20 bits per heavy atom. The molecule has 1 heterocycles. The van der Waals surface area contributed by atoms with Crippen molar-refractivity contribution in [3.63, 3.8) is 0 Å². The zero-order chi connectivity index (χ0) is 14.5. The van der Waals surface area contributed by atoms with Crippen molar-refractivity contribution in [2.45, 2.75) is 19.4 Å². The number of nitrogens with one attached hydrogen (secondary N) is 1. The van der Waals surface area contributed by atoms with Gasteiger partial charge in [-0.2, -0.15) is 0 Å². The van der Waals surface area contributed by atoms with E-state index >= 15 is 0 Å². The molecule has 0 bridgehead atoms. The van der Waals surface area contributed by atoms with Gasteiger partial charge in [-0.25, -0.2) is 0 Å². The zero-order valence-corrected chi connectivity index (χ0v) is 11.9. The molecule has 1 unspecified atom stereocenters. The number of nitrogens with zero attached hydrogens (tertiary/aromatic N) is 1. The second kappa shape index (κ2) is 6.58. The summed E-state index contributed by atoms with van der Waals surface area (Å²) in [5, 5.41) is 2.76. The summed E-state index contributed by atoms with van der Waals surface area (Å²) in [6, 6.07) is 6.26. The molecule has 1 aromatic rings. The summed E-state index contributed by atoms with van der Waals surface area (Å²) < 4.78 is 10.7. The van der Waals surface area contributed by atoms with Crippen LogP contribution in [0.3, 0.4) is 0 Å². The van der Waals surface area contributed by atoms with Crippen molar-refractivity contribution < 1.29 is 14.3 Å². The third kappa shape index (κ3) is 3.61. The molecular weight excluding hydrogens is 258 g/mol. The third-order valence-electron chi connectivity index (χ3n) is 3.43.